The number of oxazole rings is 1. The van der Waals surface area contributed by atoms with Crippen LogP contribution in [0.15, 0.2) is 59.5 Å². The molecule has 0 aliphatic rings. The van der Waals surface area contributed by atoms with E-state index >= 15 is 0 Å². The molecule has 1 N–H and O–H groups in total. The summed E-state index contributed by atoms with van der Waals surface area (Å²) in [7, 11) is 0. The molecule has 0 saturated carbocycles. The van der Waals surface area contributed by atoms with Gasteiger partial charge in [0.2, 0.25) is 5.89 Å². The monoisotopic (exact) mass is 426 g/mol. The van der Waals surface area contributed by atoms with Crippen molar-refractivity contribution in [3.8, 4) is 0 Å². The Kier molecular flexibility index (Phi) is 7.60. The predicted octanol–water partition coefficient (Wildman–Crippen LogP) is 4.70. The van der Waals surface area contributed by atoms with Crippen LogP contribution >= 0.6 is 11.6 Å². The van der Waals surface area contributed by atoms with Gasteiger partial charge in [0, 0.05) is 36.5 Å². The Morgan fingerprint density at radius 1 is 1.07 bits per heavy atom. The van der Waals surface area contributed by atoms with Gasteiger partial charge in [-0.05, 0) is 48.2 Å². The third kappa shape index (κ3) is 6.15. The molecule has 3 rings (SSSR count). The lowest BCUT2D eigenvalue weighted by Crippen LogP contribution is -2.36. The van der Waals surface area contributed by atoms with E-state index in [-0.39, 0.29) is 11.6 Å². The zero-order valence-electron chi connectivity index (χ0n) is 17.5. The van der Waals surface area contributed by atoms with E-state index in [9.17, 15) is 4.79 Å². The maximum Gasteiger partial charge on any atom is 0.273 e. The molecular weight excluding hydrogens is 400 g/mol. The van der Waals surface area contributed by atoms with Crippen LogP contribution in [0.25, 0.3) is 0 Å². The van der Waals surface area contributed by atoms with E-state index in [0.29, 0.717) is 30.9 Å². The maximum atomic E-state index is 12.4. The molecule has 0 bridgehead atoms. The summed E-state index contributed by atoms with van der Waals surface area (Å²) in [5, 5.41) is 3.57. The second-order valence-electron chi connectivity index (χ2n) is 7.68. The normalized spacial score (nSPS) is 12.3. The van der Waals surface area contributed by atoms with Gasteiger partial charge in [-0.25, -0.2) is 4.98 Å². The number of aromatic nitrogens is 2. The highest BCUT2D eigenvalue weighted by Crippen LogP contribution is 2.19. The number of hydrogen-bond donors (Lipinski definition) is 1. The average Bonchev–Trinajstić information content (AvgIpc) is 3.22. The van der Waals surface area contributed by atoms with Crippen molar-refractivity contribution in [1.82, 2.24) is 20.2 Å². The number of nitrogens with zero attached hydrogens (tertiary/aromatic N) is 3. The van der Waals surface area contributed by atoms with Gasteiger partial charge in [0.25, 0.3) is 5.91 Å². The van der Waals surface area contributed by atoms with Crippen LogP contribution in [0, 0.1) is 5.92 Å². The van der Waals surface area contributed by atoms with Gasteiger partial charge in [0.1, 0.15) is 6.26 Å². The Morgan fingerprint density at radius 2 is 1.77 bits per heavy atom. The maximum absolute atomic E-state index is 12.4. The Hall–Kier alpha value is -2.70. The van der Waals surface area contributed by atoms with Crippen LogP contribution < -0.4 is 5.32 Å². The SMILES string of the molecule is CC(C)[C@H](C)N(Cc1ccc(Cl)cc1)Cc1nc(C(=O)NCc2ccncc2)co1. The molecule has 0 aliphatic carbocycles. The van der Waals surface area contributed by atoms with Gasteiger partial charge in [-0.1, -0.05) is 37.6 Å². The third-order valence-electron chi connectivity index (χ3n) is 5.16. The van der Waals surface area contributed by atoms with E-state index in [4.69, 9.17) is 16.0 Å². The Bertz CT molecular complexity index is 941. The molecule has 0 aliphatic heterocycles. The van der Waals surface area contributed by atoms with Gasteiger partial charge < -0.3 is 9.73 Å². The lowest BCUT2D eigenvalue weighted by atomic mass is 10.0. The lowest BCUT2D eigenvalue weighted by molar-refractivity contribution is 0.0945. The molecule has 2 aromatic heterocycles. The summed E-state index contributed by atoms with van der Waals surface area (Å²) in [5.41, 5.74) is 2.42. The van der Waals surface area contributed by atoms with Crippen molar-refractivity contribution in [3.05, 3.63) is 82.8 Å². The molecule has 158 valence electrons. The number of benzene rings is 1. The zero-order valence-corrected chi connectivity index (χ0v) is 18.3. The molecule has 0 spiro atoms. The number of amides is 1. The number of hydrogen-bond acceptors (Lipinski definition) is 5. The molecular formula is C23H27ClN4O2. The fourth-order valence-electron chi connectivity index (χ4n) is 3.02. The van der Waals surface area contributed by atoms with Gasteiger partial charge in [-0.2, -0.15) is 0 Å². The highest BCUT2D eigenvalue weighted by atomic mass is 35.5. The summed E-state index contributed by atoms with van der Waals surface area (Å²) in [6.07, 6.45) is 4.81. The standard InChI is InChI=1S/C23H27ClN4O2/c1-16(2)17(3)28(13-19-4-6-20(24)7-5-19)14-22-27-21(15-30-22)23(29)26-12-18-8-10-25-11-9-18/h4-11,15-17H,12-14H2,1-3H3,(H,26,29)/t17-/m0/s1. The van der Waals surface area contributed by atoms with Crippen LogP contribution in [0.4, 0.5) is 0 Å². The molecule has 1 atom stereocenters. The van der Waals surface area contributed by atoms with Gasteiger partial charge in [-0.3, -0.25) is 14.7 Å². The van der Waals surface area contributed by atoms with Crippen molar-refractivity contribution in [3.63, 3.8) is 0 Å². The molecule has 2 heterocycles. The first-order valence-corrected chi connectivity index (χ1v) is 10.4. The molecule has 7 heteroatoms. The minimum absolute atomic E-state index is 0.261. The average molecular weight is 427 g/mol. The van der Waals surface area contributed by atoms with E-state index in [1.807, 2.05) is 36.4 Å². The molecule has 30 heavy (non-hydrogen) atoms. The van der Waals surface area contributed by atoms with Crippen LogP contribution in [-0.2, 0) is 19.6 Å². The smallest absolute Gasteiger partial charge is 0.273 e. The number of carbonyl (C=O) groups is 1. The minimum atomic E-state index is -0.261. The Balaban J connectivity index is 1.65. The van der Waals surface area contributed by atoms with E-state index in [1.54, 1.807) is 12.4 Å². The molecule has 0 saturated heterocycles. The number of pyridine rings is 1. The third-order valence-corrected chi connectivity index (χ3v) is 5.42. The number of halogens is 1. The second kappa shape index (κ2) is 10.4. The van der Waals surface area contributed by atoms with Crippen molar-refractivity contribution >= 4 is 17.5 Å². The van der Waals surface area contributed by atoms with Crippen molar-refractivity contribution < 1.29 is 9.21 Å². The van der Waals surface area contributed by atoms with E-state index in [1.165, 1.54) is 6.26 Å². The quantitative estimate of drug-likeness (QED) is 0.537. The van der Waals surface area contributed by atoms with Gasteiger partial charge in [0.05, 0.1) is 6.54 Å². The van der Waals surface area contributed by atoms with Gasteiger partial charge >= 0.3 is 0 Å². The van der Waals surface area contributed by atoms with Gasteiger partial charge in [-0.15, -0.1) is 0 Å². The summed E-state index contributed by atoms with van der Waals surface area (Å²) in [6, 6.07) is 11.9. The largest absolute Gasteiger partial charge is 0.447 e. The summed E-state index contributed by atoms with van der Waals surface area (Å²) >= 11 is 6.01. The van der Waals surface area contributed by atoms with Crippen LogP contribution in [0.2, 0.25) is 5.02 Å². The van der Waals surface area contributed by atoms with Crippen molar-refractivity contribution in [1.29, 1.82) is 0 Å². The molecule has 0 radical (unpaired) electrons. The van der Waals surface area contributed by atoms with E-state index in [0.717, 1.165) is 22.7 Å². The van der Waals surface area contributed by atoms with E-state index in [2.05, 4.69) is 41.0 Å². The second-order valence-corrected chi connectivity index (χ2v) is 8.12. The molecule has 1 aromatic carbocycles. The topological polar surface area (TPSA) is 71.3 Å². The van der Waals surface area contributed by atoms with Crippen LogP contribution in [-0.4, -0.2) is 26.8 Å². The molecule has 0 unspecified atom stereocenters. The zero-order chi connectivity index (χ0) is 21.5. The first kappa shape index (κ1) is 22.0. The molecule has 0 fully saturated rings. The molecule has 1 amide bonds. The van der Waals surface area contributed by atoms with Crippen molar-refractivity contribution in [2.24, 2.45) is 5.92 Å². The minimum Gasteiger partial charge on any atom is -0.447 e. The Labute approximate surface area is 182 Å². The van der Waals surface area contributed by atoms with Crippen molar-refractivity contribution in [2.75, 3.05) is 0 Å². The number of nitrogens with one attached hydrogen (secondary N) is 1. The molecule has 3 aromatic rings. The van der Waals surface area contributed by atoms with Crippen LogP contribution in [0.1, 0.15) is 48.3 Å². The first-order valence-electron chi connectivity index (χ1n) is 10.0. The summed E-state index contributed by atoms with van der Waals surface area (Å²) in [6.45, 7) is 8.23. The number of rotatable bonds is 9. The fourth-order valence-corrected chi connectivity index (χ4v) is 3.15. The summed E-state index contributed by atoms with van der Waals surface area (Å²) in [5.74, 6) is 0.712. The van der Waals surface area contributed by atoms with Gasteiger partial charge in [0.15, 0.2) is 5.69 Å². The van der Waals surface area contributed by atoms with Crippen molar-refractivity contribution in [2.45, 2.75) is 46.4 Å². The number of carbonyl (C=O) groups excluding carboxylic acids is 1. The Morgan fingerprint density at radius 3 is 2.43 bits per heavy atom. The summed E-state index contributed by atoms with van der Waals surface area (Å²) in [4.78, 5) is 23.1. The molecule has 6 nitrogen and oxygen atoms in total. The van der Waals surface area contributed by atoms with Crippen LogP contribution in [0.5, 0.6) is 0 Å². The first-order chi connectivity index (χ1) is 14.4. The highest BCUT2D eigenvalue weighted by Gasteiger charge is 2.21. The predicted molar refractivity (Wildman–Crippen MR) is 117 cm³/mol. The lowest BCUT2D eigenvalue weighted by Gasteiger charge is -2.30. The fraction of sp³-hybridized carbons (Fsp3) is 0.348. The van der Waals surface area contributed by atoms with Crippen LogP contribution in [0.3, 0.4) is 0 Å². The van der Waals surface area contributed by atoms with E-state index < -0.39 is 0 Å². The highest BCUT2D eigenvalue weighted by molar-refractivity contribution is 6.30. The summed E-state index contributed by atoms with van der Waals surface area (Å²) < 4.78 is 5.61.